The highest BCUT2D eigenvalue weighted by Crippen LogP contribution is 2.16. The number of furan rings is 1. The van der Waals surface area contributed by atoms with Crippen LogP contribution in [0.2, 0.25) is 0 Å². The second-order valence-electron chi connectivity index (χ2n) is 3.57. The lowest BCUT2D eigenvalue weighted by molar-refractivity contribution is 0.101. The molecule has 2 aromatic rings. The summed E-state index contributed by atoms with van der Waals surface area (Å²) in [7, 11) is 1.82. The predicted molar refractivity (Wildman–Crippen MR) is 62.9 cm³/mol. The van der Waals surface area contributed by atoms with Crippen LogP contribution in [0.15, 0.2) is 40.8 Å². The molecule has 0 unspecified atom stereocenters. The van der Waals surface area contributed by atoms with Crippen molar-refractivity contribution in [2.45, 2.75) is 6.92 Å². The Labute approximate surface area is 94.1 Å². The highest BCUT2D eigenvalue weighted by Gasteiger charge is 2.12. The largest absolute Gasteiger partial charge is 0.458 e. The van der Waals surface area contributed by atoms with Crippen LogP contribution in [0.4, 0.5) is 5.69 Å². The fourth-order valence-electron chi connectivity index (χ4n) is 1.51. The van der Waals surface area contributed by atoms with Gasteiger partial charge in [-0.1, -0.05) is 12.1 Å². The van der Waals surface area contributed by atoms with Crippen molar-refractivity contribution in [1.82, 2.24) is 0 Å². The Morgan fingerprint density at radius 2 is 2.06 bits per heavy atom. The summed E-state index contributed by atoms with van der Waals surface area (Å²) < 4.78 is 5.30. The first-order valence-electron chi connectivity index (χ1n) is 5.09. The van der Waals surface area contributed by atoms with Gasteiger partial charge in [0.15, 0.2) is 5.76 Å². The first-order chi connectivity index (χ1) is 7.70. The van der Waals surface area contributed by atoms with Crippen molar-refractivity contribution in [3.05, 3.63) is 53.5 Å². The highest BCUT2D eigenvalue weighted by molar-refractivity contribution is 6.07. The maximum atomic E-state index is 12.0. The summed E-state index contributed by atoms with van der Waals surface area (Å²) >= 11 is 0. The molecule has 1 aromatic heterocycles. The van der Waals surface area contributed by atoms with Crippen molar-refractivity contribution < 1.29 is 9.21 Å². The summed E-state index contributed by atoms with van der Waals surface area (Å²) in [5.41, 5.74) is 1.54. The zero-order chi connectivity index (χ0) is 11.5. The maximum Gasteiger partial charge on any atom is 0.228 e. The van der Waals surface area contributed by atoms with E-state index in [0.29, 0.717) is 11.3 Å². The van der Waals surface area contributed by atoms with Crippen LogP contribution in [0.5, 0.6) is 0 Å². The Balaban J connectivity index is 2.33. The molecular weight excluding hydrogens is 202 g/mol. The number of benzene rings is 1. The fraction of sp³-hybridized carbons (Fsp3) is 0.154. The molecule has 3 heteroatoms. The first-order valence-corrected chi connectivity index (χ1v) is 5.09. The minimum Gasteiger partial charge on any atom is -0.458 e. The summed E-state index contributed by atoms with van der Waals surface area (Å²) in [4.78, 5) is 12.0. The van der Waals surface area contributed by atoms with Crippen LogP contribution in [0.3, 0.4) is 0 Å². The molecule has 1 N–H and O–H groups in total. The van der Waals surface area contributed by atoms with Gasteiger partial charge in [0, 0.05) is 18.3 Å². The van der Waals surface area contributed by atoms with Crippen LogP contribution in [-0.2, 0) is 0 Å². The second-order valence-corrected chi connectivity index (χ2v) is 3.57. The van der Waals surface area contributed by atoms with Gasteiger partial charge >= 0.3 is 0 Å². The summed E-state index contributed by atoms with van der Waals surface area (Å²) in [6, 6.07) is 10.8. The Kier molecular flexibility index (Phi) is 2.77. The van der Waals surface area contributed by atoms with Gasteiger partial charge in [0.05, 0.1) is 0 Å². The zero-order valence-corrected chi connectivity index (χ0v) is 9.28. The van der Waals surface area contributed by atoms with Crippen LogP contribution in [0.1, 0.15) is 21.9 Å². The van der Waals surface area contributed by atoms with E-state index >= 15 is 0 Å². The summed E-state index contributed by atoms with van der Waals surface area (Å²) in [6.07, 6.45) is 0. The molecule has 0 spiro atoms. The number of hydrogen-bond donors (Lipinski definition) is 1. The standard InChI is InChI=1S/C13H13NO2/c1-9-6-7-12(16-9)13(15)10-4-3-5-11(8-10)14-2/h3-8,14H,1-2H3. The fourth-order valence-corrected chi connectivity index (χ4v) is 1.51. The van der Waals surface area contributed by atoms with E-state index in [4.69, 9.17) is 4.42 Å². The van der Waals surface area contributed by atoms with Gasteiger partial charge in [0.25, 0.3) is 0 Å². The molecule has 0 amide bonds. The molecule has 3 nitrogen and oxygen atoms in total. The Bertz CT molecular complexity index is 514. The summed E-state index contributed by atoms with van der Waals surface area (Å²) in [5, 5.41) is 3.00. The molecule has 1 heterocycles. The van der Waals surface area contributed by atoms with E-state index in [1.807, 2.05) is 26.1 Å². The molecule has 82 valence electrons. The van der Waals surface area contributed by atoms with Gasteiger partial charge in [-0.3, -0.25) is 4.79 Å². The maximum absolute atomic E-state index is 12.0. The van der Waals surface area contributed by atoms with Gasteiger partial charge in [0.2, 0.25) is 5.78 Å². The first kappa shape index (κ1) is 10.5. The number of rotatable bonds is 3. The number of carbonyl (C=O) groups excluding carboxylic acids is 1. The van der Waals surface area contributed by atoms with Crippen molar-refractivity contribution in [2.75, 3.05) is 12.4 Å². The molecule has 0 bridgehead atoms. The van der Waals surface area contributed by atoms with E-state index in [1.54, 1.807) is 24.3 Å². The third-order valence-electron chi connectivity index (χ3n) is 2.38. The molecule has 0 atom stereocenters. The van der Waals surface area contributed by atoms with Gasteiger partial charge < -0.3 is 9.73 Å². The summed E-state index contributed by atoms with van der Waals surface area (Å²) in [6.45, 7) is 1.82. The monoisotopic (exact) mass is 215 g/mol. The Morgan fingerprint density at radius 3 is 2.69 bits per heavy atom. The van der Waals surface area contributed by atoms with E-state index in [-0.39, 0.29) is 5.78 Å². The van der Waals surface area contributed by atoms with Crippen molar-refractivity contribution in [3.63, 3.8) is 0 Å². The number of aryl methyl sites for hydroxylation is 1. The molecular formula is C13H13NO2. The zero-order valence-electron chi connectivity index (χ0n) is 9.28. The molecule has 0 fully saturated rings. The average molecular weight is 215 g/mol. The lowest BCUT2D eigenvalue weighted by Crippen LogP contribution is -2.00. The van der Waals surface area contributed by atoms with Crippen molar-refractivity contribution in [3.8, 4) is 0 Å². The molecule has 1 aromatic carbocycles. The van der Waals surface area contributed by atoms with Crippen molar-refractivity contribution >= 4 is 11.5 Å². The van der Waals surface area contributed by atoms with Gasteiger partial charge in [0.1, 0.15) is 5.76 Å². The molecule has 0 aliphatic carbocycles. The minimum absolute atomic E-state index is 0.0924. The molecule has 0 aliphatic heterocycles. The van der Waals surface area contributed by atoms with E-state index in [1.165, 1.54) is 0 Å². The predicted octanol–water partition coefficient (Wildman–Crippen LogP) is 2.86. The van der Waals surface area contributed by atoms with E-state index < -0.39 is 0 Å². The Hall–Kier alpha value is -2.03. The average Bonchev–Trinajstić information content (AvgIpc) is 2.75. The smallest absolute Gasteiger partial charge is 0.228 e. The Morgan fingerprint density at radius 1 is 1.25 bits per heavy atom. The lowest BCUT2D eigenvalue weighted by Gasteiger charge is -2.02. The van der Waals surface area contributed by atoms with Gasteiger partial charge in [-0.05, 0) is 31.2 Å². The third-order valence-corrected chi connectivity index (χ3v) is 2.38. The van der Waals surface area contributed by atoms with Crippen molar-refractivity contribution in [2.24, 2.45) is 0 Å². The number of anilines is 1. The SMILES string of the molecule is CNc1cccc(C(=O)c2ccc(C)o2)c1. The number of nitrogens with one attached hydrogen (secondary N) is 1. The third kappa shape index (κ3) is 1.98. The van der Waals surface area contributed by atoms with Gasteiger partial charge in [-0.15, -0.1) is 0 Å². The quantitative estimate of drug-likeness (QED) is 0.800. The summed E-state index contributed by atoms with van der Waals surface area (Å²) in [5.74, 6) is 1.03. The van der Waals surface area contributed by atoms with Gasteiger partial charge in [-0.25, -0.2) is 0 Å². The van der Waals surface area contributed by atoms with Crippen LogP contribution in [0.25, 0.3) is 0 Å². The lowest BCUT2D eigenvalue weighted by atomic mass is 10.1. The van der Waals surface area contributed by atoms with E-state index in [2.05, 4.69) is 5.32 Å². The molecule has 0 radical (unpaired) electrons. The minimum atomic E-state index is -0.0924. The van der Waals surface area contributed by atoms with Crippen LogP contribution >= 0.6 is 0 Å². The number of ketones is 1. The molecule has 2 rings (SSSR count). The topological polar surface area (TPSA) is 42.2 Å². The van der Waals surface area contributed by atoms with Crippen LogP contribution < -0.4 is 5.32 Å². The highest BCUT2D eigenvalue weighted by atomic mass is 16.3. The van der Waals surface area contributed by atoms with Crippen LogP contribution in [0, 0.1) is 6.92 Å². The number of hydrogen-bond acceptors (Lipinski definition) is 3. The van der Waals surface area contributed by atoms with E-state index in [0.717, 1.165) is 11.4 Å². The molecule has 0 saturated carbocycles. The molecule has 0 aliphatic rings. The number of carbonyl (C=O) groups is 1. The molecule has 0 saturated heterocycles. The van der Waals surface area contributed by atoms with Crippen LogP contribution in [-0.4, -0.2) is 12.8 Å². The van der Waals surface area contributed by atoms with Gasteiger partial charge in [-0.2, -0.15) is 0 Å². The molecule has 16 heavy (non-hydrogen) atoms. The van der Waals surface area contributed by atoms with Crippen molar-refractivity contribution in [1.29, 1.82) is 0 Å². The second kappa shape index (κ2) is 4.23. The van der Waals surface area contributed by atoms with E-state index in [9.17, 15) is 4.79 Å². The normalized spacial score (nSPS) is 10.1.